The van der Waals surface area contributed by atoms with Crippen LogP contribution >= 0.6 is 0 Å². The number of carboxylic acid groups (broad SMARTS) is 1. The number of likely N-dealkylation sites (tertiary alicyclic amines) is 2. The van der Waals surface area contributed by atoms with Crippen molar-refractivity contribution in [1.82, 2.24) is 9.80 Å². The van der Waals surface area contributed by atoms with Crippen LogP contribution in [0.5, 0.6) is 0 Å². The van der Waals surface area contributed by atoms with Crippen molar-refractivity contribution in [2.24, 2.45) is 23.5 Å². The molecular weight excluding hydrogens is 250 g/mol. The molecule has 0 aromatic carbocycles. The Morgan fingerprint density at radius 2 is 1.84 bits per heavy atom. The molecule has 3 amide bonds. The molecule has 0 aliphatic carbocycles. The Hall–Kier alpha value is -1.79. The summed E-state index contributed by atoms with van der Waals surface area (Å²) in [6.07, 6.45) is 0.615. The Morgan fingerprint density at radius 1 is 1.21 bits per heavy atom. The van der Waals surface area contributed by atoms with E-state index >= 15 is 0 Å². The maximum atomic E-state index is 12.1. The largest absolute Gasteiger partial charge is 0.481 e. The Balaban J connectivity index is 1.81. The van der Waals surface area contributed by atoms with Gasteiger partial charge in [-0.05, 0) is 6.42 Å². The molecular formula is C12H19N3O4. The first kappa shape index (κ1) is 13.6. The topological polar surface area (TPSA) is 104 Å². The summed E-state index contributed by atoms with van der Waals surface area (Å²) in [5.41, 5.74) is 5.22. The van der Waals surface area contributed by atoms with Crippen LogP contribution in [-0.4, -0.2) is 59.0 Å². The van der Waals surface area contributed by atoms with Crippen LogP contribution in [0.3, 0.4) is 0 Å². The van der Waals surface area contributed by atoms with Crippen molar-refractivity contribution < 1.29 is 19.5 Å². The number of nitrogens with two attached hydrogens (primary N) is 1. The molecule has 7 heteroatoms. The molecule has 2 rings (SSSR count). The second kappa shape index (κ2) is 5.07. The monoisotopic (exact) mass is 269 g/mol. The molecule has 7 nitrogen and oxygen atoms in total. The molecule has 0 aromatic heterocycles. The van der Waals surface area contributed by atoms with Crippen molar-refractivity contribution in [2.75, 3.05) is 26.2 Å². The number of hydrogen-bond donors (Lipinski definition) is 2. The first-order valence-corrected chi connectivity index (χ1v) is 6.46. The summed E-state index contributed by atoms with van der Waals surface area (Å²) in [6.45, 7) is 3.54. The van der Waals surface area contributed by atoms with Gasteiger partial charge in [-0.25, -0.2) is 4.79 Å². The SMILES string of the molecule is CC(C(=O)O)C1CN(C(=O)N2CCC(C(N)=O)C2)C1. The minimum Gasteiger partial charge on any atom is -0.481 e. The van der Waals surface area contributed by atoms with Crippen molar-refractivity contribution in [3.05, 3.63) is 0 Å². The molecule has 2 atom stereocenters. The third kappa shape index (κ3) is 2.64. The average Bonchev–Trinajstić information content (AvgIpc) is 2.75. The second-order valence-electron chi connectivity index (χ2n) is 5.41. The molecule has 2 unspecified atom stereocenters. The second-order valence-corrected chi connectivity index (χ2v) is 5.41. The van der Waals surface area contributed by atoms with Crippen molar-refractivity contribution in [3.63, 3.8) is 0 Å². The molecule has 2 aliphatic rings. The molecule has 0 radical (unpaired) electrons. The fraction of sp³-hybridized carbons (Fsp3) is 0.750. The minimum atomic E-state index is -0.827. The number of primary amides is 1. The van der Waals surface area contributed by atoms with E-state index in [1.54, 1.807) is 16.7 Å². The van der Waals surface area contributed by atoms with Crippen LogP contribution in [0, 0.1) is 17.8 Å². The Morgan fingerprint density at radius 3 is 2.32 bits per heavy atom. The van der Waals surface area contributed by atoms with Crippen molar-refractivity contribution >= 4 is 17.9 Å². The van der Waals surface area contributed by atoms with Crippen LogP contribution in [0.25, 0.3) is 0 Å². The van der Waals surface area contributed by atoms with Crippen LogP contribution in [0.4, 0.5) is 4.79 Å². The summed E-state index contributed by atoms with van der Waals surface area (Å²) in [5.74, 6) is -1.85. The smallest absolute Gasteiger partial charge is 0.320 e. The van der Waals surface area contributed by atoms with Gasteiger partial charge in [0.1, 0.15) is 0 Å². The molecule has 2 fully saturated rings. The van der Waals surface area contributed by atoms with E-state index < -0.39 is 11.9 Å². The van der Waals surface area contributed by atoms with Gasteiger partial charge in [0.15, 0.2) is 0 Å². The van der Waals surface area contributed by atoms with E-state index in [1.165, 1.54) is 0 Å². The van der Waals surface area contributed by atoms with Crippen molar-refractivity contribution in [1.29, 1.82) is 0 Å². The first-order chi connectivity index (χ1) is 8.90. The molecule has 0 aromatic rings. The van der Waals surface area contributed by atoms with Gasteiger partial charge in [-0.15, -0.1) is 0 Å². The van der Waals surface area contributed by atoms with Crippen LogP contribution in [0.15, 0.2) is 0 Å². The standard InChI is InChI=1S/C12H19N3O4/c1-7(11(17)18)9-5-15(6-9)12(19)14-3-2-8(4-14)10(13)16/h7-9H,2-6H2,1H3,(H2,13,16)(H,17,18). The quantitative estimate of drug-likeness (QED) is 0.725. The molecule has 0 spiro atoms. The number of urea groups is 1. The van der Waals surface area contributed by atoms with Crippen molar-refractivity contribution in [2.45, 2.75) is 13.3 Å². The number of carbonyl (C=O) groups is 3. The Labute approximate surface area is 111 Å². The number of amides is 3. The highest BCUT2D eigenvalue weighted by molar-refractivity contribution is 5.81. The van der Waals surface area contributed by atoms with Crippen molar-refractivity contribution in [3.8, 4) is 0 Å². The number of hydrogen-bond acceptors (Lipinski definition) is 3. The van der Waals surface area contributed by atoms with Gasteiger partial charge in [-0.1, -0.05) is 6.92 Å². The van der Waals surface area contributed by atoms with E-state index in [9.17, 15) is 14.4 Å². The summed E-state index contributed by atoms with van der Waals surface area (Å²) in [7, 11) is 0. The molecule has 19 heavy (non-hydrogen) atoms. The number of carbonyl (C=O) groups excluding carboxylic acids is 2. The minimum absolute atomic E-state index is 0.0241. The first-order valence-electron chi connectivity index (χ1n) is 6.46. The normalized spacial score (nSPS) is 25.0. The van der Waals surface area contributed by atoms with Crippen LogP contribution in [0.2, 0.25) is 0 Å². The molecule has 3 N–H and O–H groups in total. The van der Waals surface area contributed by atoms with Gasteiger partial charge in [0.2, 0.25) is 5.91 Å². The predicted octanol–water partition coefficient (Wildman–Crippen LogP) is -0.434. The van der Waals surface area contributed by atoms with E-state index in [2.05, 4.69) is 0 Å². The summed E-state index contributed by atoms with van der Waals surface area (Å²) < 4.78 is 0. The zero-order valence-corrected chi connectivity index (χ0v) is 10.9. The lowest BCUT2D eigenvalue weighted by Gasteiger charge is -2.42. The number of rotatable bonds is 3. The van der Waals surface area contributed by atoms with Crippen LogP contribution in [0.1, 0.15) is 13.3 Å². The van der Waals surface area contributed by atoms with Gasteiger partial charge in [0.05, 0.1) is 11.8 Å². The number of nitrogens with zero attached hydrogens (tertiary/aromatic N) is 2. The molecule has 2 aliphatic heterocycles. The van der Waals surface area contributed by atoms with Gasteiger partial charge >= 0.3 is 12.0 Å². The molecule has 0 bridgehead atoms. The average molecular weight is 269 g/mol. The van der Waals surface area contributed by atoms with Crippen LogP contribution in [-0.2, 0) is 9.59 Å². The van der Waals surface area contributed by atoms with Gasteiger partial charge in [0.25, 0.3) is 0 Å². The fourth-order valence-corrected chi connectivity index (χ4v) is 2.55. The fourth-order valence-electron chi connectivity index (χ4n) is 2.55. The molecule has 2 saturated heterocycles. The third-order valence-electron chi connectivity index (χ3n) is 4.14. The Bertz CT molecular complexity index is 406. The van der Waals surface area contributed by atoms with Crippen LogP contribution < -0.4 is 5.73 Å². The zero-order chi connectivity index (χ0) is 14.2. The van der Waals surface area contributed by atoms with E-state index in [-0.39, 0.29) is 23.8 Å². The lowest BCUT2D eigenvalue weighted by molar-refractivity contribution is -0.145. The van der Waals surface area contributed by atoms with E-state index in [1.807, 2.05) is 0 Å². The molecule has 106 valence electrons. The predicted molar refractivity (Wildman–Crippen MR) is 66.1 cm³/mol. The maximum absolute atomic E-state index is 12.1. The summed E-state index contributed by atoms with van der Waals surface area (Å²) >= 11 is 0. The van der Waals surface area contributed by atoms with Gasteiger partial charge in [-0.2, -0.15) is 0 Å². The molecule has 2 heterocycles. The highest BCUT2D eigenvalue weighted by Crippen LogP contribution is 2.26. The van der Waals surface area contributed by atoms with Gasteiger partial charge in [0, 0.05) is 32.1 Å². The summed E-state index contributed by atoms with van der Waals surface area (Å²) in [5, 5.41) is 8.88. The number of carboxylic acids is 1. The van der Waals surface area contributed by atoms with Gasteiger partial charge < -0.3 is 20.6 Å². The van der Waals surface area contributed by atoms with E-state index in [0.717, 1.165) is 0 Å². The summed E-state index contributed by atoms with van der Waals surface area (Å²) in [4.78, 5) is 37.2. The van der Waals surface area contributed by atoms with E-state index in [4.69, 9.17) is 10.8 Å². The highest BCUT2D eigenvalue weighted by Gasteiger charge is 2.40. The van der Waals surface area contributed by atoms with E-state index in [0.29, 0.717) is 32.6 Å². The highest BCUT2D eigenvalue weighted by atomic mass is 16.4. The molecule has 0 saturated carbocycles. The Kier molecular flexibility index (Phi) is 3.64. The maximum Gasteiger partial charge on any atom is 0.320 e. The van der Waals surface area contributed by atoms with Gasteiger partial charge in [-0.3, -0.25) is 9.59 Å². The summed E-state index contributed by atoms with van der Waals surface area (Å²) in [6, 6.07) is -0.113. The third-order valence-corrected chi connectivity index (χ3v) is 4.14. The zero-order valence-electron chi connectivity index (χ0n) is 10.9. The number of aliphatic carboxylic acids is 1. The lowest BCUT2D eigenvalue weighted by Crippen LogP contribution is -2.57. The lowest BCUT2D eigenvalue weighted by atomic mass is 9.87.